The van der Waals surface area contributed by atoms with Gasteiger partial charge in [-0.2, -0.15) is 0 Å². The first-order chi connectivity index (χ1) is 4.81. The third kappa shape index (κ3) is 5.44. The van der Waals surface area contributed by atoms with Gasteiger partial charge in [0.05, 0.1) is 0 Å². The molecule has 0 aromatic carbocycles. The maximum atomic E-state index is 3.08. The van der Waals surface area contributed by atoms with Gasteiger partial charge < -0.3 is 0 Å². The van der Waals surface area contributed by atoms with Crippen LogP contribution in [0.25, 0.3) is 0 Å². The SMILES string of the molecule is CC=C=C=C(C)CCCC. The van der Waals surface area contributed by atoms with Crippen molar-refractivity contribution in [3.05, 3.63) is 23.1 Å². The summed E-state index contributed by atoms with van der Waals surface area (Å²) in [4.78, 5) is 0. The van der Waals surface area contributed by atoms with Crippen molar-refractivity contribution >= 4 is 0 Å². The molecule has 56 valence electrons. The molecule has 0 N–H and O–H groups in total. The van der Waals surface area contributed by atoms with Crippen LogP contribution in [0.4, 0.5) is 0 Å². The number of hydrogen-bond acceptors (Lipinski definition) is 0. The molecule has 0 aliphatic heterocycles. The molecule has 0 aliphatic rings. The van der Waals surface area contributed by atoms with E-state index in [-0.39, 0.29) is 0 Å². The second-order valence-corrected chi connectivity index (χ2v) is 2.44. The van der Waals surface area contributed by atoms with Crippen LogP contribution < -0.4 is 0 Å². The van der Waals surface area contributed by atoms with Crippen molar-refractivity contribution < 1.29 is 0 Å². The summed E-state index contributed by atoms with van der Waals surface area (Å²) >= 11 is 0. The minimum Gasteiger partial charge on any atom is -0.0750 e. The van der Waals surface area contributed by atoms with Crippen molar-refractivity contribution in [2.24, 2.45) is 0 Å². The lowest BCUT2D eigenvalue weighted by molar-refractivity contribution is 0.788. The molecule has 0 unspecified atom stereocenters. The molecule has 0 radical (unpaired) electrons. The largest absolute Gasteiger partial charge is 0.0750 e. The lowest BCUT2D eigenvalue weighted by Crippen LogP contribution is -1.72. The van der Waals surface area contributed by atoms with E-state index >= 15 is 0 Å². The fourth-order valence-corrected chi connectivity index (χ4v) is 0.700. The molecule has 0 amide bonds. The highest BCUT2D eigenvalue weighted by Gasteiger charge is 1.84. The van der Waals surface area contributed by atoms with Gasteiger partial charge in [-0.1, -0.05) is 24.8 Å². The maximum Gasteiger partial charge on any atom is -0.0230 e. The van der Waals surface area contributed by atoms with Gasteiger partial charge in [-0.25, -0.2) is 0 Å². The molecule has 0 aliphatic carbocycles. The number of rotatable bonds is 3. The van der Waals surface area contributed by atoms with Gasteiger partial charge >= 0.3 is 0 Å². The van der Waals surface area contributed by atoms with Crippen LogP contribution in [0.3, 0.4) is 0 Å². The maximum absolute atomic E-state index is 3.08. The van der Waals surface area contributed by atoms with Crippen molar-refractivity contribution in [2.45, 2.75) is 40.0 Å². The van der Waals surface area contributed by atoms with Gasteiger partial charge in [0.1, 0.15) is 0 Å². The quantitative estimate of drug-likeness (QED) is 0.521. The van der Waals surface area contributed by atoms with E-state index in [0.29, 0.717) is 0 Å². The molecule has 0 heteroatoms. The average Bonchev–Trinajstić information content (AvgIpc) is 1.97. The summed E-state index contributed by atoms with van der Waals surface area (Å²) in [6.45, 7) is 6.26. The molecule has 0 fully saturated rings. The van der Waals surface area contributed by atoms with Crippen LogP contribution in [0.1, 0.15) is 40.0 Å². The molecule has 0 aromatic rings. The first kappa shape index (κ1) is 9.30. The van der Waals surface area contributed by atoms with E-state index in [1.54, 1.807) is 0 Å². The summed E-state index contributed by atoms with van der Waals surface area (Å²) in [5.41, 5.74) is 7.33. The summed E-state index contributed by atoms with van der Waals surface area (Å²) in [6.07, 6.45) is 5.58. The zero-order chi connectivity index (χ0) is 7.82. The van der Waals surface area contributed by atoms with E-state index in [1.165, 1.54) is 18.4 Å². The number of allylic oxidation sites excluding steroid dienone is 2. The standard InChI is InChI=1S/C10H16/c1-4-6-8-10(3)9-7-5-2/h4H,5,7,9H2,1-3H3. The Hall–Kier alpha value is -0.700. The Morgan fingerprint density at radius 1 is 1.50 bits per heavy atom. The van der Waals surface area contributed by atoms with Gasteiger partial charge in [0.2, 0.25) is 0 Å². The first-order valence-corrected chi connectivity index (χ1v) is 3.93. The molecule has 0 aromatic heterocycles. The summed E-state index contributed by atoms with van der Waals surface area (Å²) in [7, 11) is 0. The molecule has 10 heavy (non-hydrogen) atoms. The predicted molar refractivity (Wildman–Crippen MR) is 46.0 cm³/mol. The molecule has 0 saturated heterocycles. The Morgan fingerprint density at radius 2 is 2.20 bits per heavy atom. The minimum absolute atomic E-state index is 1.16. The highest BCUT2D eigenvalue weighted by Crippen LogP contribution is 2.03. The van der Waals surface area contributed by atoms with Gasteiger partial charge in [-0.3, -0.25) is 0 Å². The van der Waals surface area contributed by atoms with Crippen LogP contribution in [-0.2, 0) is 0 Å². The smallest absolute Gasteiger partial charge is 0.0230 e. The van der Waals surface area contributed by atoms with Crippen molar-refractivity contribution in [1.82, 2.24) is 0 Å². The second-order valence-electron chi connectivity index (χ2n) is 2.44. The molecule has 0 rings (SSSR count). The van der Waals surface area contributed by atoms with Gasteiger partial charge in [0.15, 0.2) is 0 Å². The summed E-state index contributed by atoms with van der Waals surface area (Å²) in [5, 5.41) is 0. The fraction of sp³-hybridized carbons (Fsp3) is 0.600. The topological polar surface area (TPSA) is 0 Å². The van der Waals surface area contributed by atoms with Gasteiger partial charge in [-0.15, -0.1) is 0 Å². The number of unbranched alkanes of at least 4 members (excludes halogenated alkanes) is 1. The number of hydrogen-bond donors (Lipinski definition) is 0. The van der Waals surface area contributed by atoms with E-state index in [4.69, 9.17) is 0 Å². The van der Waals surface area contributed by atoms with Crippen LogP contribution >= 0.6 is 0 Å². The average molecular weight is 136 g/mol. The molecule has 0 saturated carbocycles. The zero-order valence-corrected chi connectivity index (χ0v) is 7.20. The van der Waals surface area contributed by atoms with Crippen molar-refractivity contribution in [3.63, 3.8) is 0 Å². The Kier molecular flexibility index (Phi) is 5.97. The van der Waals surface area contributed by atoms with Gasteiger partial charge in [0.25, 0.3) is 0 Å². The molecule has 0 heterocycles. The predicted octanol–water partition coefficient (Wildman–Crippen LogP) is 3.45. The highest BCUT2D eigenvalue weighted by atomic mass is 13.9. The Labute approximate surface area is 64.0 Å². The van der Waals surface area contributed by atoms with E-state index in [9.17, 15) is 0 Å². The Bertz CT molecular complexity index is 162. The van der Waals surface area contributed by atoms with E-state index in [2.05, 4.69) is 25.3 Å². The highest BCUT2D eigenvalue weighted by molar-refractivity contribution is 4.97. The minimum atomic E-state index is 1.16. The summed E-state index contributed by atoms with van der Waals surface area (Å²) in [6, 6.07) is 0. The first-order valence-electron chi connectivity index (χ1n) is 3.93. The summed E-state index contributed by atoms with van der Waals surface area (Å²) in [5.74, 6) is 0. The molecule has 0 spiro atoms. The van der Waals surface area contributed by atoms with Crippen LogP contribution in [0.15, 0.2) is 23.1 Å². The molecule has 0 bridgehead atoms. The molecule has 0 atom stereocenters. The van der Waals surface area contributed by atoms with Crippen molar-refractivity contribution in [2.75, 3.05) is 0 Å². The zero-order valence-electron chi connectivity index (χ0n) is 7.20. The van der Waals surface area contributed by atoms with E-state index in [0.717, 1.165) is 6.42 Å². The normalized spacial score (nSPS) is 7.90. The summed E-state index contributed by atoms with van der Waals surface area (Å²) < 4.78 is 0. The third-order valence-electron chi connectivity index (χ3n) is 1.34. The molecular weight excluding hydrogens is 120 g/mol. The lowest BCUT2D eigenvalue weighted by Gasteiger charge is -1.91. The van der Waals surface area contributed by atoms with Crippen LogP contribution in [0.5, 0.6) is 0 Å². The van der Waals surface area contributed by atoms with E-state index < -0.39 is 0 Å². The Balaban J connectivity index is 3.83. The van der Waals surface area contributed by atoms with Crippen LogP contribution in [0, 0.1) is 0 Å². The third-order valence-corrected chi connectivity index (χ3v) is 1.34. The van der Waals surface area contributed by atoms with Gasteiger partial charge in [-0.05, 0) is 38.3 Å². The Morgan fingerprint density at radius 3 is 2.70 bits per heavy atom. The van der Waals surface area contributed by atoms with Crippen molar-refractivity contribution in [3.8, 4) is 0 Å². The van der Waals surface area contributed by atoms with E-state index in [1.807, 2.05) is 13.0 Å². The van der Waals surface area contributed by atoms with Crippen LogP contribution in [0.2, 0.25) is 0 Å². The molecule has 0 nitrogen and oxygen atoms in total. The van der Waals surface area contributed by atoms with Gasteiger partial charge in [0, 0.05) is 0 Å². The fourth-order valence-electron chi connectivity index (χ4n) is 0.700. The van der Waals surface area contributed by atoms with Crippen molar-refractivity contribution in [1.29, 1.82) is 0 Å². The second kappa shape index (κ2) is 6.42. The van der Waals surface area contributed by atoms with Crippen LogP contribution in [-0.4, -0.2) is 0 Å². The molecular formula is C10H16. The monoisotopic (exact) mass is 136 g/mol. The lowest BCUT2D eigenvalue weighted by atomic mass is 10.1.